The van der Waals surface area contributed by atoms with Crippen LogP contribution in [0.4, 0.5) is 23.1 Å². The van der Waals surface area contributed by atoms with Crippen molar-refractivity contribution in [3.63, 3.8) is 0 Å². The maximum atomic E-state index is 13.6. The van der Waals surface area contributed by atoms with Crippen LogP contribution in [0.5, 0.6) is 17.4 Å². The van der Waals surface area contributed by atoms with Crippen molar-refractivity contribution in [3.8, 4) is 45.7 Å². The number of aromatic nitrogens is 3. The van der Waals surface area contributed by atoms with E-state index >= 15 is 0 Å². The van der Waals surface area contributed by atoms with Gasteiger partial charge in [-0.1, -0.05) is 18.2 Å². The Morgan fingerprint density at radius 1 is 0.862 bits per heavy atom. The van der Waals surface area contributed by atoms with E-state index in [-0.39, 0.29) is 51.7 Å². The Bertz CT molecular complexity index is 2290. The summed E-state index contributed by atoms with van der Waals surface area (Å²) in [5, 5.41) is 10.0. The second-order valence-corrected chi connectivity index (χ2v) is 14.5. The number of likely N-dealkylation sites (N-methyl/N-ethyl adjacent to an activating group) is 1. The van der Waals surface area contributed by atoms with Crippen LogP contribution in [0.3, 0.4) is 0 Å². The number of pyridine rings is 1. The molecule has 0 saturated heterocycles. The van der Waals surface area contributed by atoms with Crippen molar-refractivity contribution in [2.24, 2.45) is 0 Å². The fourth-order valence-corrected chi connectivity index (χ4v) is 6.73. The van der Waals surface area contributed by atoms with Gasteiger partial charge in [-0.25, -0.2) is 23.2 Å². The van der Waals surface area contributed by atoms with Gasteiger partial charge < -0.3 is 33.3 Å². The van der Waals surface area contributed by atoms with Gasteiger partial charge >= 0.3 is 12.3 Å². The van der Waals surface area contributed by atoms with Crippen LogP contribution in [0.2, 0.25) is 0 Å². The highest BCUT2D eigenvalue weighted by atomic mass is 32.2. The lowest BCUT2D eigenvalue weighted by Gasteiger charge is -2.17. The molecule has 0 bridgehead atoms. The Morgan fingerprint density at radius 2 is 1.57 bits per heavy atom. The van der Waals surface area contributed by atoms with E-state index in [0.29, 0.717) is 56.3 Å². The predicted octanol–water partition coefficient (Wildman–Crippen LogP) is 6.88. The largest absolute Gasteiger partial charge is 0.455 e. The van der Waals surface area contributed by atoms with Crippen LogP contribution < -0.4 is 14.2 Å². The number of anilines is 1. The van der Waals surface area contributed by atoms with Gasteiger partial charge in [-0.3, -0.25) is 4.72 Å². The van der Waals surface area contributed by atoms with E-state index < -0.39 is 27.9 Å². The molecule has 0 spiro atoms. The Balaban J connectivity index is 1.34. The molecular weight excluding hydrogens is 806 g/mol. The van der Waals surface area contributed by atoms with Crippen LogP contribution in [-0.2, 0) is 35.1 Å². The third-order valence-electron chi connectivity index (χ3n) is 7.98. The lowest BCUT2D eigenvalue weighted by atomic mass is 9.97. The molecule has 0 atom stereocenters. The highest BCUT2D eigenvalue weighted by Crippen LogP contribution is 2.40. The Kier molecular flexibility index (Phi) is 15.5. The van der Waals surface area contributed by atoms with Crippen molar-refractivity contribution in [2.75, 3.05) is 71.7 Å². The molecule has 306 valence electrons. The quantitative estimate of drug-likeness (QED) is 0.0801. The zero-order chi connectivity index (χ0) is 41.5. The number of hydrogen-bond acceptors (Lipinski definition) is 14. The maximum absolute atomic E-state index is 13.6. The van der Waals surface area contributed by atoms with Crippen molar-refractivity contribution < 1.29 is 54.8 Å². The molecule has 5 aromatic rings. The first-order valence-corrected chi connectivity index (χ1v) is 19.6. The molecule has 0 aliphatic rings. The second kappa shape index (κ2) is 20.6. The monoisotopic (exact) mass is 842 g/mol. The first kappa shape index (κ1) is 43.4. The van der Waals surface area contributed by atoms with Crippen molar-refractivity contribution in [1.82, 2.24) is 19.2 Å². The topological polar surface area (TPSA) is 184 Å². The number of benzene rings is 3. The van der Waals surface area contributed by atoms with E-state index in [9.17, 15) is 31.6 Å². The third kappa shape index (κ3) is 12.4. The van der Waals surface area contributed by atoms with Gasteiger partial charge in [0.05, 0.1) is 62.3 Å². The van der Waals surface area contributed by atoms with Crippen molar-refractivity contribution >= 4 is 32.8 Å². The first-order valence-electron chi connectivity index (χ1n) is 17.3. The number of amides is 1. The minimum absolute atomic E-state index is 0.0199. The molecule has 20 heteroatoms. The number of hydrogen-bond donors (Lipinski definition) is 1. The van der Waals surface area contributed by atoms with Crippen LogP contribution >= 0.6 is 11.5 Å². The molecule has 3 aromatic carbocycles. The molecule has 1 amide bonds. The summed E-state index contributed by atoms with van der Waals surface area (Å²) in [5.41, 5.74) is 0.353. The van der Waals surface area contributed by atoms with Gasteiger partial charge in [-0.2, -0.15) is 22.8 Å². The number of carbonyl (C=O) groups is 1. The number of sulfonamides is 1. The van der Waals surface area contributed by atoms with E-state index in [0.717, 1.165) is 29.7 Å². The Morgan fingerprint density at radius 3 is 2.26 bits per heavy atom. The normalized spacial score (nSPS) is 11.5. The summed E-state index contributed by atoms with van der Waals surface area (Å²) in [4.78, 5) is 22.0. The number of alkyl halides is 3. The molecule has 2 aromatic heterocycles. The second-order valence-electron chi connectivity index (χ2n) is 12.0. The molecule has 1 N–H and O–H groups in total. The van der Waals surface area contributed by atoms with Crippen LogP contribution in [0.1, 0.15) is 11.1 Å². The van der Waals surface area contributed by atoms with Crippen molar-refractivity contribution in [1.29, 1.82) is 5.26 Å². The molecule has 0 aliphatic heterocycles. The van der Waals surface area contributed by atoms with E-state index in [1.165, 1.54) is 66.9 Å². The maximum Gasteiger partial charge on any atom is 0.416 e. The lowest BCUT2D eigenvalue weighted by Crippen LogP contribution is -2.33. The summed E-state index contributed by atoms with van der Waals surface area (Å²) >= 11 is 0.828. The number of nitriles is 1. The fraction of sp³-hybridized carbons (Fsp3) is 0.289. The molecule has 58 heavy (non-hydrogen) atoms. The summed E-state index contributed by atoms with van der Waals surface area (Å²) < 4.78 is 106. The summed E-state index contributed by atoms with van der Waals surface area (Å²) in [6, 6.07) is 18.0. The number of methoxy groups -OCH3 is 1. The van der Waals surface area contributed by atoms with Gasteiger partial charge in [0.1, 0.15) is 23.9 Å². The number of ether oxygens (including phenoxy) is 6. The Labute approximate surface area is 336 Å². The van der Waals surface area contributed by atoms with Crippen LogP contribution in [0, 0.1) is 11.3 Å². The van der Waals surface area contributed by atoms with E-state index in [4.69, 9.17) is 28.4 Å². The molecule has 15 nitrogen and oxygen atoms in total. The van der Waals surface area contributed by atoms with Gasteiger partial charge in [0, 0.05) is 50.1 Å². The average Bonchev–Trinajstić information content (AvgIpc) is 3.72. The lowest BCUT2D eigenvalue weighted by molar-refractivity contribution is -0.137. The van der Waals surface area contributed by atoms with Gasteiger partial charge in [0.2, 0.25) is 11.0 Å². The standard InChI is InChI=1S/C38H37F3N6O9S2/c1-47(12-13-52-16-17-54-19-18-53-15-14-51-2)37(48)56-35-23-28(10-11-43-35)32-22-27(26-4-3-5-30(20-26)38(39,40)41)6-8-34(32)55-33-9-7-31(21-29(33)24-42)58(49,50)46-36-44-25-45-57-36/h3-11,20-23,25H,12-19H2,1-2H3,(H,44,45,46). The minimum atomic E-state index is -4.58. The van der Waals surface area contributed by atoms with E-state index in [2.05, 4.69) is 19.1 Å². The van der Waals surface area contributed by atoms with E-state index in [1.54, 1.807) is 19.2 Å². The number of halogens is 3. The zero-order valence-electron chi connectivity index (χ0n) is 31.1. The molecule has 0 fully saturated rings. The average molecular weight is 843 g/mol. The zero-order valence-corrected chi connectivity index (χ0v) is 32.7. The fourth-order valence-electron chi connectivity index (χ4n) is 5.04. The van der Waals surface area contributed by atoms with Gasteiger partial charge in [0.25, 0.3) is 10.0 Å². The predicted molar refractivity (Wildman–Crippen MR) is 205 cm³/mol. The van der Waals surface area contributed by atoms with Gasteiger partial charge in [0.15, 0.2) is 0 Å². The van der Waals surface area contributed by atoms with Crippen molar-refractivity contribution in [3.05, 3.63) is 96.4 Å². The van der Waals surface area contributed by atoms with Crippen LogP contribution in [0.25, 0.3) is 22.3 Å². The summed E-state index contributed by atoms with van der Waals surface area (Å²) in [6.45, 7) is 2.85. The molecule has 0 radical (unpaired) electrons. The highest BCUT2D eigenvalue weighted by molar-refractivity contribution is 7.93. The number of nitrogens with zero attached hydrogens (tertiary/aromatic N) is 5. The van der Waals surface area contributed by atoms with E-state index in [1.807, 2.05) is 6.07 Å². The number of carbonyl (C=O) groups excluding carboxylic acids is 1. The van der Waals surface area contributed by atoms with Crippen LogP contribution in [-0.4, -0.2) is 101 Å². The Hall–Kier alpha value is -5.69. The number of rotatable bonds is 20. The summed E-state index contributed by atoms with van der Waals surface area (Å²) in [6.07, 6.45) is -2.76. The van der Waals surface area contributed by atoms with Crippen molar-refractivity contribution in [2.45, 2.75) is 11.1 Å². The van der Waals surface area contributed by atoms with Gasteiger partial charge in [-0.05, 0) is 65.2 Å². The van der Waals surface area contributed by atoms with Crippen LogP contribution in [0.15, 0.2) is 90.2 Å². The molecular formula is C38H37F3N6O9S2. The molecule has 0 aliphatic carbocycles. The van der Waals surface area contributed by atoms with Gasteiger partial charge in [-0.15, -0.1) is 0 Å². The smallest absolute Gasteiger partial charge is 0.416 e. The summed E-state index contributed by atoms with van der Waals surface area (Å²) in [7, 11) is -1.03. The molecule has 0 unspecified atom stereocenters. The molecule has 2 heterocycles. The molecule has 5 rings (SSSR count). The number of nitrogens with one attached hydrogen (secondary N) is 1. The molecule has 0 saturated carbocycles. The SMILES string of the molecule is COCCOCCOCCOCCN(C)C(=O)Oc1cc(-c2cc(-c3cccc(C(F)(F)F)c3)ccc2Oc2ccc(S(=O)(=O)Nc3ncns3)cc2C#N)ccn1. The third-order valence-corrected chi connectivity index (χ3v) is 10.0. The minimum Gasteiger partial charge on any atom is -0.455 e. The summed E-state index contributed by atoms with van der Waals surface area (Å²) in [5.74, 6) is 0.0192. The highest BCUT2D eigenvalue weighted by Gasteiger charge is 2.30. The first-order chi connectivity index (χ1) is 27.9.